The summed E-state index contributed by atoms with van der Waals surface area (Å²) < 4.78 is 0. The van der Waals surface area contributed by atoms with E-state index in [0.717, 1.165) is 16.8 Å². The van der Waals surface area contributed by atoms with Gasteiger partial charge in [-0.15, -0.1) is 0 Å². The normalized spacial score (nSPS) is 13.5. The number of amides is 1. The summed E-state index contributed by atoms with van der Waals surface area (Å²) in [6, 6.07) is 16.5. The Hall–Kier alpha value is -2.13. The van der Waals surface area contributed by atoms with Crippen LogP contribution in [0.15, 0.2) is 48.5 Å². The van der Waals surface area contributed by atoms with E-state index in [0.29, 0.717) is 0 Å². The minimum Gasteiger partial charge on any atom is -0.330 e. The van der Waals surface area contributed by atoms with Gasteiger partial charge in [0.1, 0.15) is 6.04 Å². The molecule has 3 nitrogen and oxygen atoms in total. The summed E-state index contributed by atoms with van der Waals surface area (Å²) >= 11 is 0. The number of nitrogens with one attached hydrogen (secondary N) is 1. The van der Waals surface area contributed by atoms with E-state index in [1.54, 1.807) is 0 Å². The van der Waals surface area contributed by atoms with Crippen molar-refractivity contribution in [3.8, 4) is 0 Å². The molecule has 0 aliphatic heterocycles. The Morgan fingerprint density at radius 3 is 2.41 bits per heavy atom. The van der Waals surface area contributed by atoms with Crippen LogP contribution in [-0.4, -0.2) is 11.9 Å². The first-order valence-corrected chi connectivity index (χ1v) is 7.75. The molecule has 0 aliphatic rings. The Bertz CT molecular complexity index is 637. The average Bonchev–Trinajstić information content (AvgIpc) is 2.51. The average molecular weight is 297 g/mol. The third-order valence-corrected chi connectivity index (χ3v) is 3.97. The van der Waals surface area contributed by atoms with Crippen LogP contribution in [0.2, 0.25) is 0 Å². The zero-order chi connectivity index (χ0) is 16.1. The van der Waals surface area contributed by atoms with Crippen molar-refractivity contribution in [3.63, 3.8) is 0 Å². The number of carbonyl (C=O) groups is 1. The fraction of sp³-hybridized carbons (Fsp3) is 0.316. The fourth-order valence-electron chi connectivity index (χ4n) is 2.51. The van der Waals surface area contributed by atoms with Crippen LogP contribution in [0, 0.1) is 13.8 Å². The first-order chi connectivity index (χ1) is 10.5. The summed E-state index contributed by atoms with van der Waals surface area (Å²) in [6.07, 6.45) is 0. The molecule has 2 atom stereocenters. The van der Waals surface area contributed by atoms with Crippen LogP contribution < -0.4 is 10.6 Å². The quantitative estimate of drug-likeness (QED) is 0.875. The number of nitrogens with two attached hydrogens (primary N) is 1. The molecule has 3 heteroatoms. The molecule has 0 heterocycles. The topological polar surface area (TPSA) is 45.7 Å². The van der Waals surface area contributed by atoms with Crippen LogP contribution in [0.1, 0.15) is 36.6 Å². The molecule has 116 valence electrons. The largest absolute Gasteiger partial charge is 0.330 e. The molecule has 0 radical (unpaired) electrons. The second-order valence-corrected chi connectivity index (χ2v) is 5.99. The van der Waals surface area contributed by atoms with Gasteiger partial charge in [-0.25, -0.2) is 0 Å². The summed E-state index contributed by atoms with van der Waals surface area (Å²) in [4.78, 5) is 12.4. The molecule has 0 saturated heterocycles. The second kappa shape index (κ2) is 7.23. The van der Waals surface area contributed by atoms with Crippen LogP contribution in [0.4, 0.5) is 5.69 Å². The van der Waals surface area contributed by atoms with Gasteiger partial charge in [0.15, 0.2) is 6.04 Å². The van der Waals surface area contributed by atoms with Crippen molar-refractivity contribution >= 4 is 11.6 Å². The van der Waals surface area contributed by atoms with E-state index in [1.165, 1.54) is 5.56 Å². The lowest BCUT2D eigenvalue weighted by molar-refractivity contribution is -0.709. The number of benzene rings is 2. The predicted molar refractivity (Wildman–Crippen MR) is 90.8 cm³/mol. The minimum atomic E-state index is -0.143. The van der Waals surface area contributed by atoms with E-state index < -0.39 is 0 Å². The zero-order valence-corrected chi connectivity index (χ0v) is 13.8. The molecule has 0 bridgehead atoms. The number of quaternary nitrogens is 1. The number of aryl methyl sites for hydroxylation is 2. The zero-order valence-electron chi connectivity index (χ0n) is 13.8. The Morgan fingerprint density at radius 2 is 1.73 bits per heavy atom. The molecule has 2 aromatic rings. The van der Waals surface area contributed by atoms with Crippen molar-refractivity contribution in [1.29, 1.82) is 0 Å². The number of hydrogen-bond donors (Lipinski definition) is 2. The highest BCUT2D eigenvalue weighted by Crippen LogP contribution is 2.16. The molecule has 0 fully saturated rings. The van der Waals surface area contributed by atoms with Gasteiger partial charge in [0.05, 0.1) is 0 Å². The number of anilines is 1. The SMILES string of the molecule is Cc1ccc(C)c(NC(=O)[C@@H](C)[NH2+][C@@H](C)c2ccccc2)c1. The second-order valence-electron chi connectivity index (χ2n) is 5.99. The van der Waals surface area contributed by atoms with Gasteiger partial charge in [0.2, 0.25) is 0 Å². The van der Waals surface area contributed by atoms with E-state index >= 15 is 0 Å². The Morgan fingerprint density at radius 1 is 1.05 bits per heavy atom. The number of rotatable bonds is 5. The molecular formula is C19H25N2O+. The third-order valence-electron chi connectivity index (χ3n) is 3.97. The van der Waals surface area contributed by atoms with E-state index in [9.17, 15) is 4.79 Å². The summed E-state index contributed by atoms with van der Waals surface area (Å²) in [5.74, 6) is 0.0384. The van der Waals surface area contributed by atoms with Crippen molar-refractivity contribution in [1.82, 2.24) is 0 Å². The molecule has 22 heavy (non-hydrogen) atoms. The first kappa shape index (κ1) is 16.2. The lowest BCUT2D eigenvalue weighted by atomic mass is 10.1. The van der Waals surface area contributed by atoms with Crippen molar-refractivity contribution in [2.75, 3.05) is 5.32 Å². The summed E-state index contributed by atoms with van der Waals surface area (Å²) in [5.41, 5.74) is 4.36. The van der Waals surface area contributed by atoms with Crippen LogP contribution >= 0.6 is 0 Å². The fourth-order valence-corrected chi connectivity index (χ4v) is 2.51. The maximum Gasteiger partial charge on any atom is 0.282 e. The molecule has 0 spiro atoms. The van der Waals surface area contributed by atoms with E-state index in [-0.39, 0.29) is 18.0 Å². The Balaban J connectivity index is 1.99. The van der Waals surface area contributed by atoms with Gasteiger partial charge in [0, 0.05) is 11.3 Å². The van der Waals surface area contributed by atoms with Crippen molar-refractivity contribution in [2.45, 2.75) is 39.8 Å². The van der Waals surface area contributed by atoms with Crippen molar-refractivity contribution in [2.24, 2.45) is 0 Å². The van der Waals surface area contributed by atoms with Crippen LogP contribution in [0.5, 0.6) is 0 Å². The molecule has 0 aromatic heterocycles. The standard InChI is InChI=1S/C19H24N2O/c1-13-10-11-14(2)18(12-13)21-19(22)16(4)20-15(3)17-8-6-5-7-9-17/h5-12,15-16,20H,1-4H3,(H,21,22)/p+1/t15-,16+/m0/s1. The predicted octanol–water partition coefficient (Wildman–Crippen LogP) is 2.96. The summed E-state index contributed by atoms with van der Waals surface area (Å²) in [7, 11) is 0. The van der Waals surface area contributed by atoms with Crippen molar-refractivity contribution < 1.29 is 10.1 Å². The Kier molecular flexibility index (Phi) is 5.34. The lowest BCUT2D eigenvalue weighted by Gasteiger charge is -2.17. The van der Waals surface area contributed by atoms with Crippen molar-refractivity contribution in [3.05, 3.63) is 65.2 Å². The van der Waals surface area contributed by atoms with Gasteiger partial charge in [-0.05, 0) is 44.9 Å². The van der Waals surface area contributed by atoms with Crippen LogP contribution in [-0.2, 0) is 4.79 Å². The van der Waals surface area contributed by atoms with Gasteiger partial charge in [-0.2, -0.15) is 0 Å². The van der Waals surface area contributed by atoms with E-state index in [4.69, 9.17) is 0 Å². The third kappa shape index (κ3) is 4.18. The first-order valence-electron chi connectivity index (χ1n) is 7.75. The Labute approximate surface area is 132 Å². The highest BCUT2D eigenvalue weighted by molar-refractivity contribution is 5.94. The van der Waals surface area contributed by atoms with Gasteiger partial charge in [-0.1, -0.05) is 42.5 Å². The van der Waals surface area contributed by atoms with E-state index in [2.05, 4.69) is 35.8 Å². The van der Waals surface area contributed by atoms with Gasteiger partial charge < -0.3 is 10.6 Å². The molecule has 1 amide bonds. The number of carbonyl (C=O) groups excluding carboxylic acids is 1. The summed E-state index contributed by atoms with van der Waals surface area (Å²) in [6.45, 7) is 8.11. The number of hydrogen-bond acceptors (Lipinski definition) is 1. The van der Waals surface area contributed by atoms with Crippen LogP contribution in [0.3, 0.4) is 0 Å². The highest BCUT2D eigenvalue weighted by Gasteiger charge is 2.20. The van der Waals surface area contributed by atoms with Gasteiger partial charge in [0.25, 0.3) is 5.91 Å². The van der Waals surface area contributed by atoms with E-state index in [1.807, 2.05) is 51.1 Å². The molecule has 0 saturated carbocycles. The summed E-state index contributed by atoms with van der Waals surface area (Å²) in [5, 5.41) is 5.13. The minimum absolute atomic E-state index is 0.0384. The molecule has 2 rings (SSSR count). The molecule has 0 aliphatic carbocycles. The highest BCUT2D eigenvalue weighted by atomic mass is 16.2. The molecule has 3 N–H and O–H groups in total. The maximum atomic E-state index is 12.4. The smallest absolute Gasteiger partial charge is 0.282 e. The van der Waals surface area contributed by atoms with Crippen LogP contribution in [0.25, 0.3) is 0 Å². The lowest BCUT2D eigenvalue weighted by Crippen LogP contribution is -2.91. The maximum absolute atomic E-state index is 12.4. The molecule has 2 aromatic carbocycles. The van der Waals surface area contributed by atoms with Gasteiger partial charge in [-0.3, -0.25) is 4.79 Å². The van der Waals surface area contributed by atoms with Gasteiger partial charge >= 0.3 is 0 Å². The monoisotopic (exact) mass is 297 g/mol. The molecular weight excluding hydrogens is 272 g/mol. The molecule has 0 unspecified atom stereocenters.